The standard InChI is InChI=1S/C15H13Br2F2N/c16-11-3-1-9(2-4-11)10(8-20)7-12-14(18)6-5-13(17)15(12)19/h1-6,10H,7-8,20H2. The summed E-state index contributed by atoms with van der Waals surface area (Å²) in [6, 6.07) is 10.2. The summed E-state index contributed by atoms with van der Waals surface area (Å²) in [7, 11) is 0. The van der Waals surface area contributed by atoms with E-state index in [0.717, 1.165) is 10.0 Å². The lowest BCUT2D eigenvalue weighted by Crippen LogP contribution is -2.16. The molecule has 0 aromatic heterocycles. The largest absolute Gasteiger partial charge is 0.330 e. The average Bonchev–Trinajstić information content (AvgIpc) is 2.45. The second-order valence-electron chi connectivity index (χ2n) is 4.51. The van der Waals surface area contributed by atoms with Crippen molar-refractivity contribution < 1.29 is 8.78 Å². The van der Waals surface area contributed by atoms with Crippen molar-refractivity contribution in [2.75, 3.05) is 6.54 Å². The molecule has 2 N–H and O–H groups in total. The number of benzene rings is 2. The Labute approximate surface area is 133 Å². The van der Waals surface area contributed by atoms with Crippen LogP contribution in [-0.2, 0) is 6.42 Å². The minimum atomic E-state index is -0.555. The van der Waals surface area contributed by atoms with Gasteiger partial charge in [0.05, 0.1) is 4.47 Å². The van der Waals surface area contributed by atoms with Crippen LogP contribution in [0.1, 0.15) is 17.0 Å². The van der Waals surface area contributed by atoms with E-state index in [-0.39, 0.29) is 22.4 Å². The van der Waals surface area contributed by atoms with E-state index in [9.17, 15) is 8.78 Å². The van der Waals surface area contributed by atoms with E-state index in [1.807, 2.05) is 24.3 Å². The van der Waals surface area contributed by atoms with Crippen molar-refractivity contribution in [1.82, 2.24) is 0 Å². The number of rotatable bonds is 4. The third-order valence-corrected chi connectivity index (χ3v) is 4.36. The van der Waals surface area contributed by atoms with E-state index in [4.69, 9.17) is 5.73 Å². The molecule has 2 rings (SSSR count). The van der Waals surface area contributed by atoms with Crippen LogP contribution in [0, 0.1) is 11.6 Å². The summed E-state index contributed by atoms with van der Waals surface area (Å²) in [5.41, 5.74) is 6.80. The van der Waals surface area contributed by atoms with Crippen LogP contribution >= 0.6 is 31.9 Å². The molecule has 106 valence electrons. The maximum Gasteiger partial charge on any atom is 0.143 e. The molecule has 0 spiro atoms. The van der Waals surface area contributed by atoms with E-state index in [0.29, 0.717) is 6.54 Å². The normalized spacial score (nSPS) is 12.4. The van der Waals surface area contributed by atoms with Crippen LogP contribution in [0.2, 0.25) is 0 Å². The quantitative estimate of drug-likeness (QED) is 0.729. The summed E-state index contributed by atoms with van der Waals surface area (Å²) < 4.78 is 29.0. The van der Waals surface area contributed by atoms with E-state index in [2.05, 4.69) is 31.9 Å². The zero-order chi connectivity index (χ0) is 14.7. The maximum atomic E-state index is 14.0. The average molecular weight is 405 g/mol. The molecular formula is C15H13Br2F2N. The first-order valence-electron chi connectivity index (χ1n) is 6.10. The number of nitrogens with two attached hydrogens (primary N) is 1. The van der Waals surface area contributed by atoms with Gasteiger partial charge in [-0.05, 0) is 58.7 Å². The molecule has 2 aromatic carbocycles. The summed E-state index contributed by atoms with van der Waals surface area (Å²) in [6.07, 6.45) is 0.231. The summed E-state index contributed by atoms with van der Waals surface area (Å²) in [6.45, 7) is 0.326. The fourth-order valence-electron chi connectivity index (χ4n) is 2.07. The van der Waals surface area contributed by atoms with Crippen molar-refractivity contribution in [2.45, 2.75) is 12.3 Å². The molecule has 1 nitrogen and oxygen atoms in total. The summed E-state index contributed by atoms with van der Waals surface area (Å²) in [5.74, 6) is -1.22. The third-order valence-electron chi connectivity index (χ3n) is 3.22. The van der Waals surface area contributed by atoms with Gasteiger partial charge in [-0.2, -0.15) is 0 Å². The van der Waals surface area contributed by atoms with E-state index in [1.54, 1.807) is 0 Å². The Hall–Kier alpha value is -0.780. The van der Waals surface area contributed by atoms with Gasteiger partial charge >= 0.3 is 0 Å². The molecule has 2 aromatic rings. The van der Waals surface area contributed by atoms with E-state index >= 15 is 0 Å². The Balaban J connectivity index is 2.31. The molecule has 0 fully saturated rings. The topological polar surface area (TPSA) is 26.0 Å². The lowest BCUT2D eigenvalue weighted by molar-refractivity contribution is 0.534. The molecule has 20 heavy (non-hydrogen) atoms. The predicted octanol–water partition coefficient (Wildman–Crippen LogP) is 4.77. The van der Waals surface area contributed by atoms with Crippen molar-refractivity contribution in [3.05, 3.63) is 68.1 Å². The molecule has 1 atom stereocenters. The smallest absolute Gasteiger partial charge is 0.143 e. The van der Waals surface area contributed by atoms with Crippen LogP contribution in [0.5, 0.6) is 0 Å². The highest BCUT2D eigenvalue weighted by atomic mass is 79.9. The molecule has 0 bridgehead atoms. The predicted molar refractivity (Wildman–Crippen MR) is 83.7 cm³/mol. The van der Waals surface area contributed by atoms with Gasteiger partial charge in [-0.15, -0.1) is 0 Å². The molecule has 0 radical (unpaired) electrons. The number of hydrogen-bond donors (Lipinski definition) is 1. The Morgan fingerprint density at radius 3 is 2.25 bits per heavy atom. The van der Waals surface area contributed by atoms with Crippen LogP contribution in [-0.4, -0.2) is 6.54 Å². The van der Waals surface area contributed by atoms with Crippen molar-refractivity contribution in [3.8, 4) is 0 Å². The van der Waals surface area contributed by atoms with Crippen LogP contribution in [0.3, 0.4) is 0 Å². The van der Waals surface area contributed by atoms with E-state index in [1.165, 1.54) is 12.1 Å². The molecule has 1 unspecified atom stereocenters. The van der Waals surface area contributed by atoms with Crippen molar-refractivity contribution in [1.29, 1.82) is 0 Å². The van der Waals surface area contributed by atoms with Gasteiger partial charge in [0.2, 0.25) is 0 Å². The highest BCUT2D eigenvalue weighted by Crippen LogP contribution is 2.28. The SMILES string of the molecule is NCC(Cc1c(F)ccc(Br)c1F)c1ccc(Br)cc1. The monoisotopic (exact) mass is 403 g/mol. The van der Waals surface area contributed by atoms with Gasteiger partial charge in [0, 0.05) is 16.0 Å². The fourth-order valence-corrected chi connectivity index (χ4v) is 2.71. The van der Waals surface area contributed by atoms with Crippen LogP contribution in [0.15, 0.2) is 45.3 Å². The molecule has 0 aliphatic rings. The first kappa shape index (κ1) is 15.6. The van der Waals surface area contributed by atoms with Crippen LogP contribution < -0.4 is 5.73 Å². The summed E-state index contributed by atoms with van der Waals surface area (Å²) >= 11 is 6.44. The molecule has 0 saturated carbocycles. The second kappa shape index (κ2) is 6.78. The van der Waals surface area contributed by atoms with Crippen LogP contribution in [0.4, 0.5) is 8.78 Å². The highest BCUT2D eigenvalue weighted by Gasteiger charge is 2.18. The van der Waals surface area contributed by atoms with Crippen LogP contribution in [0.25, 0.3) is 0 Å². The summed E-state index contributed by atoms with van der Waals surface area (Å²) in [5, 5.41) is 0. The molecule has 0 aliphatic heterocycles. The molecule has 0 saturated heterocycles. The van der Waals surface area contributed by atoms with Gasteiger partial charge in [-0.1, -0.05) is 28.1 Å². The van der Waals surface area contributed by atoms with Crippen molar-refractivity contribution in [3.63, 3.8) is 0 Å². The van der Waals surface area contributed by atoms with Gasteiger partial charge in [0.25, 0.3) is 0 Å². The Bertz CT molecular complexity index is 600. The van der Waals surface area contributed by atoms with Crippen molar-refractivity contribution in [2.24, 2.45) is 5.73 Å². The molecule has 0 heterocycles. The molecule has 5 heteroatoms. The van der Waals surface area contributed by atoms with Gasteiger partial charge in [-0.25, -0.2) is 8.78 Å². The lowest BCUT2D eigenvalue weighted by atomic mass is 9.91. The summed E-state index contributed by atoms with van der Waals surface area (Å²) in [4.78, 5) is 0. The molecule has 0 aliphatic carbocycles. The zero-order valence-corrected chi connectivity index (χ0v) is 13.7. The Kier molecular flexibility index (Phi) is 5.29. The number of halogens is 4. The zero-order valence-electron chi connectivity index (χ0n) is 10.5. The second-order valence-corrected chi connectivity index (χ2v) is 6.28. The van der Waals surface area contributed by atoms with Gasteiger partial charge in [0.1, 0.15) is 11.6 Å². The Morgan fingerprint density at radius 1 is 1.00 bits per heavy atom. The first-order chi connectivity index (χ1) is 9.52. The third kappa shape index (κ3) is 3.45. The molecular weight excluding hydrogens is 392 g/mol. The maximum absolute atomic E-state index is 14.0. The first-order valence-corrected chi connectivity index (χ1v) is 7.69. The van der Waals surface area contributed by atoms with Gasteiger partial charge in [0.15, 0.2) is 0 Å². The van der Waals surface area contributed by atoms with Gasteiger partial charge in [-0.3, -0.25) is 0 Å². The minimum absolute atomic E-state index is 0.0674. The minimum Gasteiger partial charge on any atom is -0.330 e. The van der Waals surface area contributed by atoms with Gasteiger partial charge < -0.3 is 5.73 Å². The fraction of sp³-hybridized carbons (Fsp3) is 0.200. The molecule has 0 amide bonds. The Morgan fingerprint density at radius 2 is 1.65 bits per heavy atom. The van der Waals surface area contributed by atoms with Crippen molar-refractivity contribution >= 4 is 31.9 Å². The lowest BCUT2D eigenvalue weighted by Gasteiger charge is -2.17. The van der Waals surface area contributed by atoms with E-state index < -0.39 is 11.6 Å². The highest BCUT2D eigenvalue weighted by molar-refractivity contribution is 9.10. The number of hydrogen-bond acceptors (Lipinski definition) is 1.